The highest BCUT2D eigenvalue weighted by Gasteiger charge is 2.35. The van der Waals surface area contributed by atoms with E-state index in [1.54, 1.807) is 6.08 Å². The molecule has 0 radical (unpaired) electrons. The lowest BCUT2D eigenvalue weighted by Gasteiger charge is -2.29. The minimum atomic E-state index is -0.485. The molecular weight excluding hydrogens is 418 g/mol. The third-order valence-corrected chi connectivity index (χ3v) is 5.88. The van der Waals surface area contributed by atoms with Crippen molar-refractivity contribution >= 4 is 40.9 Å². The Balaban J connectivity index is 1.78. The Labute approximate surface area is 193 Å². The Morgan fingerprint density at radius 1 is 0.844 bits per heavy atom. The number of carbonyl (C=O) groups is 2. The van der Waals surface area contributed by atoms with Crippen LogP contribution < -0.4 is 10.2 Å². The summed E-state index contributed by atoms with van der Waals surface area (Å²) in [5.41, 5.74) is 7.72. The highest BCUT2D eigenvalue weighted by Crippen LogP contribution is 2.27. The predicted molar refractivity (Wildman–Crippen MR) is 132 cm³/mol. The van der Waals surface area contributed by atoms with Gasteiger partial charge in [0.05, 0.1) is 5.69 Å². The number of nitrogens with zero attached hydrogens (tertiary/aromatic N) is 2. The van der Waals surface area contributed by atoms with E-state index in [0.29, 0.717) is 5.69 Å². The van der Waals surface area contributed by atoms with Crippen LogP contribution in [0.15, 0.2) is 54.1 Å². The minimum absolute atomic E-state index is 0.0576. The molecule has 3 aromatic rings. The topological polar surface area (TPSA) is 54.3 Å². The number of aryl methyl sites for hydroxylation is 4. The lowest BCUT2D eigenvalue weighted by Crippen LogP contribution is -2.54. The predicted octanol–water partition coefficient (Wildman–Crippen LogP) is 4.85. The highest BCUT2D eigenvalue weighted by molar-refractivity contribution is 7.80. The van der Waals surface area contributed by atoms with Gasteiger partial charge in [0.1, 0.15) is 5.57 Å². The first kappa shape index (κ1) is 21.7. The summed E-state index contributed by atoms with van der Waals surface area (Å²) in [6, 6.07) is 16.0. The molecule has 2 aromatic carbocycles. The number of anilines is 1. The molecule has 1 saturated heterocycles. The number of hydrogen-bond donors (Lipinski definition) is 1. The molecule has 0 aliphatic carbocycles. The molecule has 2 heterocycles. The molecule has 1 fully saturated rings. The number of hydrogen-bond acceptors (Lipinski definition) is 3. The van der Waals surface area contributed by atoms with Crippen LogP contribution in [0.5, 0.6) is 0 Å². The molecule has 0 bridgehead atoms. The summed E-state index contributed by atoms with van der Waals surface area (Å²) in [5.74, 6) is -0.912. The van der Waals surface area contributed by atoms with E-state index in [0.717, 1.165) is 39.3 Å². The fraction of sp³-hybridized carbons (Fsp3) is 0.192. The first-order valence-electron chi connectivity index (χ1n) is 10.4. The molecule has 32 heavy (non-hydrogen) atoms. The highest BCUT2D eigenvalue weighted by atomic mass is 32.1. The molecule has 0 saturated carbocycles. The third kappa shape index (κ3) is 3.89. The SMILES string of the molecule is Cc1cc(C)cc(N2C(=O)/C(=C/c3cc(C)n(-c4cccc(C)c4)c3C)C(=O)NC2=S)c1. The van der Waals surface area contributed by atoms with Gasteiger partial charge in [-0.2, -0.15) is 0 Å². The molecule has 1 aliphatic heterocycles. The zero-order valence-electron chi connectivity index (χ0n) is 18.8. The van der Waals surface area contributed by atoms with Gasteiger partial charge < -0.3 is 4.57 Å². The summed E-state index contributed by atoms with van der Waals surface area (Å²) >= 11 is 5.34. The monoisotopic (exact) mass is 443 g/mol. The van der Waals surface area contributed by atoms with Crippen LogP contribution in [0, 0.1) is 34.6 Å². The van der Waals surface area contributed by atoms with Crippen molar-refractivity contribution in [2.45, 2.75) is 34.6 Å². The van der Waals surface area contributed by atoms with Gasteiger partial charge in [-0.15, -0.1) is 0 Å². The molecule has 1 aromatic heterocycles. The number of thiocarbonyl (C=S) groups is 1. The van der Waals surface area contributed by atoms with Crippen LogP contribution in [0.25, 0.3) is 11.8 Å². The number of rotatable bonds is 3. The third-order valence-electron chi connectivity index (χ3n) is 5.60. The van der Waals surface area contributed by atoms with Crippen LogP contribution in [-0.4, -0.2) is 21.5 Å². The summed E-state index contributed by atoms with van der Waals surface area (Å²) in [4.78, 5) is 27.5. The fourth-order valence-corrected chi connectivity index (χ4v) is 4.51. The van der Waals surface area contributed by atoms with E-state index in [1.165, 1.54) is 4.90 Å². The average Bonchev–Trinajstić information content (AvgIpc) is 2.97. The first-order valence-corrected chi connectivity index (χ1v) is 10.8. The average molecular weight is 444 g/mol. The normalized spacial score (nSPS) is 15.5. The van der Waals surface area contributed by atoms with E-state index < -0.39 is 11.8 Å². The van der Waals surface area contributed by atoms with E-state index in [-0.39, 0.29) is 10.7 Å². The molecule has 2 amide bonds. The van der Waals surface area contributed by atoms with E-state index in [4.69, 9.17) is 12.2 Å². The molecule has 0 atom stereocenters. The summed E-state index contributed by atoms with van der Waals surface area (Å²) in [6.07, 6.45) is 1.66. The number of amides is 2. The second-order valence-corrected chi connectivity index (χ2v) is 8.69. The van der Waals surface area contributed by atoms with Crippen molar-refractivity contribution < 1.29 is 9.59 Å². The van der Waals surface area contributed by atoms with Gasteiger partial charge in [0, 0.05) is 17.1 Å². The van der Waals surface area contributed by atoms with Crippen LogP contribution in [0.3, 0.4) is 0 Å². The van der Waals surface area contributed by atoms with Gasteiger partial charge in [0.2, 0.25) is 0 Å². The smallest absolute Gasteiger partial charge is 0.270 e. The van der Waals surface area contributed by atoms with Gasteiger partial charge >= 0.3 is 0 Å². The molecule has 6 heteroatoms. The number of nitrogens with one attached hydrogen (secondary N) is 1. The van der Waals surface area contributed by atoms with Gasteiger partial charge in [-0.25, -0.2) is 0 Å². The largest absolute Gasteiger partial charge is 0.318 e. The maximum atomic E-state index is 13.4. The van der Waals surface area contributed by atoms with Crippen molar-refractivity contribution in [1.29, 1.82) is 0 Å². The van der Waals surface area contributed by atoms with Gasteiger partial charge in [-0.3, -0.25) is 19.8 Å². The van der Waals surface area contributed by atoms with Crippen LogP contribution in [0.4, 0.5) is 5.69 Å². The second kappa shape index (κ2) is 8.20. The second-order valence-electron chi connectivity index (χ2n) is 8.30. The molecular formula is C26H25N3O2S. The lowest BCUT2D eigenvalue weighted by atomic mass is 10.1. The molecule has 162 valence electrons. The van der Waals surface area contributed by atoms with Crippen LogP contribution in [0.2, 0.25) is 0 Å². The van der Waals surface area contributed by atoms with Crippen molar-refractivity contribution in [3.8, 4) is 5.69 Å². The summed E-state index contributed by atoms with van der Waals surface area (Å²) in [5, 5.41) is 2.76. The van der Waals surface area contributed by atoms with Crippen LogP contribution in [-0.2, 0) is 9.59 Å². The van der Waals surface area contributed by atoms with Crippen molar-refractivity contribution in [1.82, 2.24) is 9.88 Å². The van der Waals surface area contributed by atoms with Crippen molar-refractivity contribution in [3.05, 3.63) is 87.7 Å². The number of carbonyl (C=O) groups excluding carboxylic acids is 2. The van der Waals surface area contributed by atoms with Gasteiger partial charge in [-0.05, 0) is 105 Å². The van der Waals surface area contributed by atoms with Crippen molar-refractivity contribution in [2.24, 2.45) is 0 Å². The Bertz CT molecular complexity index is 1300. The maximum Gasteiger partial charge on any atom is 0.270 e. The zero-order valence-corrected chi connectivity index (χ0v) is 19.6. The van der Waals surface area contributed by atoms with Crippen LogP contribution in [0.1, 0.15) is 33.6 Å². The Morgan fingerprint density at radius 2 is 1.50 bits per heavy atom. The van der Waals surface area contributed by atoms with E-state index in [2.05, 4.69) is 28.9 Å². The van der Waals surface area contributed by atoms with Crippen LogP contribution >= 0.6 is 12.2 Å². The lowest BCUT2D eigenvalue weighted by molar-refractivity contribution is -0.122. The fourth-order valence-electron chi connectivity index (χ4n) is 4.23. The zero-order chi connectivity index (χ0) is 23.2. The first-order chi connectivity index (χ1) is 15.2. The summed E-state index contributed by atoms with van der Waals surface area (Å²) in [7, 11) is 0. The summed E-state index contributed by atoms with van der Waals surface area (Å²) < 4.78 is 2.12. The van der Waals surface area contributed by atoms with Crippen molar-refractivity contribution in [2.75, 3.05) is 4.90 Å². The number of aromatic nitrogens is 1. The molecule has 4 rings (SSSR count). The maximum absolute atomic E-state index is 13.4. The quantitative estimate of drug-likeness (QED) is 0.358. The van der Waals surface area contributed by atoms with Gasteiger partial charge in [0.25, 0.3) is 11.8 Å². The molecule has 0 spiro atoms. The van der Waals surface area contributed by atoms with Gasteiger partial charge in [0.15, 0.2) is 5.11 Å². The van der Waals surface area contributed by atoms with E-state index in [1.807, 2.05) is 64.1 Å². The van der Waals surface area contributed by atoms with Crippen molar-refractivity contribution in [3.63, 3.8) is 0 Å². The molecule has 5 nitrogen and oxygen atoms in total. The van der Waals surface area contributed by atoms with E-state index >= 15 is 0 Å². The Kier molecular flexibility index (Phi) is 5.57. The molecule has 1 aliphatic rings. The minimum Gasteiger partial charge on any atom is -0.318 e. The molecule has 1 N–H and O–H groups in total. The van der Waals surface area contributed by atoms with E-state index in [9.17, 15) is 9.59 Å². The summed E-state index contributed by atoms with van der Waals surface area (Å²) in [6.45, 7) is 9.97. The van der Waals surface area contributed by atoms with Gasteiger partial charge in [-0.1, -0.05) is 18.2 Å². The Hall–Kier alpha value is -3.51. The molecule has 0 unspecified atom stereocenters. The Morgan fingerprint density at radius 3 is 2.16 bits per heavy atom. The standard InChI is InChI=1S/C26H25N3O2S/c1-15-7-6-8-21(10-15)28-18(4)13-20(19(28)5)14-23-24(30)27-26(32)29(25(23)31)22-11-16(2)9-17(3)12-22/h6-14H,1-5H3,(H,27,30,32)/b23-14+. The number of benzene rings is 2.